The SMILES string of the molecule is Cc1ncnc2c1sc1ccncc12. The number of aryl methyl sites for hydroxylation is 1. The molecular formula is C10H7N3S. The van der Waals surface area contributed by atoms with Crippen molar-refractivity contribution in [2.45, 2.75) is 6.92 Å². The van der Waals surface area contributed by atoms with Crippen LogP contribution >= 0.6 is 11.3 Å². The molecule has 0 N–H and O–H groups in total. The van der Waals surface area contributed by atoms with Gasteiger partial charge in [0.2, 0.25) is 0 Å². The van der Waals surface area contributed by atoms with Crippen molar-refractivity contribution in [1.29, 1.82) is 0 Å². The van der Waals surface area contributed by atoms with Gasteiger partial charge in [-0.1, -0.05) is 0 Å². The number of nitrogens with zero attached hydrogens (tertiary/aromatic N) is 3. The summed E-state index contributed by atoms with van der Waals surface area (Å²) in [4.78, 5) is 12.6. The molecule has 14 heavy (non-hydrogen) atoms. The van der Waals surface area contributed by atoms with E-state index in [1.165, 1.54) is 4.70 Å². The zero-order chi connectivity index (χ0) is 9.54. The summed E-state index contributed by atoms with van der Waals surface area (Å²) in [5.41, 5.74) is 2.06. The van der Waals surface area contributed by atoms with Crippen molar-refractivity contribution in [3.63, 3.8) is 0 Å². The molecule has 0 fully saturated rings. The van der Waals surface area contributed by atoms with Gasteiger partial charge in [0.1, 0.15) is 6.33 Å². The van der Waals surface area contributed by atoms with Crippen LogP contribution in [0.4, 0.5) is 0 Å². The van der Waals surface area contributed by atoms with E-state index >= 15 is 0 Å². The van der Waals surface area contributed by atoms with E-state index in [-0.39, 0.29) is 0 Å². The smallest absolute Gasteiger partial charge is 0.116 e. The second-order valence-corrected chi connectivity index (χ2v) is 4.16. The molecule has 3 nitrogen and oxygen atoms in total. The van der Waals surface area contributed by atoms with Crippen molar-refractivity contribution >= 4 is 31.6 Å². The van der Waals surface area contributed by atoms with E-state index in [4.69, 9.17) is 0 Å². The Bertz CT molecular complexity index is 615. The van der Waals surface area contributed by atoms with Crippen LogP contribution in [0.5, 0.6) is 0 Å². The molecule has 0 aliphatic rings. The van der Waals surface area contributed by atoms with E-state index in [1.807, 2.05) is 19.2 Å². The van der Waals surface area contributed by atoms with E-state index in [0.717, 1.165) is 21.3 Å². The highest BCUT2D eigenvalue weighted by atomic mass is 32.1. The molecule has 0 atom stereocenters. The maximum atomic E-state index is 4.29. The lowest BCUT2D eigenvalue weighted by atomic mass is 10.3. The van der Waals surface area contributed by atoms with Gasteiger partial charge < -0.3 is 0 Å². The first kappa shape index (κ1) is 7.82. The summed E-state index contributed by atoms with van der Waals surface area (Å²) < 4.78 is 2.38. The molecule has 0 unspecified atom stereocenters. The normalized spacial score (nSPS) is 11.2. The zero-order valence-electron chi connectivity index (χ0n) is 7.56. The molecule has 3 aromatic heterocycles. The number of hydrogen-bond acceptors (Lipinski definition) is 4. The third kappa shape index (κ3) is 0.943. The summed E-state index contributed by atoms with van der Waals surface area (Å²) in [6, 6.07) is 2.02. The van der Waals surface area contributed by atoms with Crippen LogP contribution in [0.2, 0.25) is 0 Å². The molecule has 0 aromatic carbocycles. The van der Waals surface area contributed by atoms with Gasteiger partial charge in [-0.15, -0.1) is 11.3 Å². The monoisotopic (exact) mass is 201 g/mol. The fourth-order valence-electron chi connectivity index (χ4n) is 1.53. The second kappa shape index (κ2) is 2.72. The fourth-order valence-corrected chi connectivity index (χ4v) is 2.60. The minimum absolute atomic E-state index is 1.02. The average molecular weight is 201 g/mol. The molecule has 3 rings (SSSR count). The zero-order valence-corrected chi connectivity index (χ0v) is 8.38. The van der Waals surface area contributed by atoms with Crippen molar-refractivity contribution < 1.29 is 0 Å². The lowest BCUT2D eigenvalue weighted by molar-refractivity contribution is 1.16. The van der Waals surface area contributed by atoms with Crippen LogP contribution in [0.25, 0.3) is 20.3 Å². The van der Waals surface area contributed by atoms with E-state index in [9.17, 15) is 0 Å². The van der Waals surface area contributed by atoms with Crippen molar-refractivity contribution in [2.75, 3.05) is 0 Å². The number of hydrogen-bond donors (Lipinski definition) is 0. The van der Waals surface area contributed by atoms with Gasteiger partial charge in [0.05, 0.1) is 15.9 Å². The van der Waals surface area contributed by atoms with Gasteiger partial charge in [0.15, 0.2) is 0 Å². The molecule has 3 heterocycles. The molecule has 0 aliphatic carbocycles. The Morgan fingerprint density at radius 3 is 3.14 bits per heavy atom. The van der Waals surface area contributed by atoms with Gasteiger partial charge in [-0.3, -0.25) is 4.98 Å². The largest absolute Gasteiger partial charge is 0.264 e. The van der Waals surface area contributed by atoms with Crippen molar-refractivity contribution in [2.24, 2.45) is 0 Å². The number of pyridine rings is 1. The first-order valence-electron chi connectivity index (χ1n) is 4.30. The standard InChI is InChI=1S/C10H7N3S/c1-6-10-9(13-5-12-6)7-4-11-3-2-8(7)14-10/h2-5H,1H3. The summed E-state index contributed by atoms with van der Waals surface area (Å²) in [7, 11) is 0. The third-order valence-corrected chi connectivity index (χ3v) is 3.50. The molecule has 0 radical (unpaired) electrons. The quantitative estimate of drug-likeness (QED) is 0.561. The molecule has 0 saturated heterocycles. The summed E-state index contributed by atoms with van der Waals surface area (Å²) in [6.07, 6.45) is 5.28. The molecule has 0 aliphatic heterocycles. The highest BCUT2D eigenvalue weighted by molar-refractivity contribution is 7.25. The Hall–Kier alpha value is -1.55. The molecule has 0 saturated carbocycles. The van der Waals surface area contributed by atoms with E-state index in [2.05, 4.69) is 15.0 Å². The lowest BCUT2D eigenvalue weighted by Gasteiger charge is -1.91. The van der Waals surface area contributed by atoms with Crippen LogP contribution in [-0.4, -0.2) is 15.0 Å². The predicted octanol–water partition coefficient (Wildman–Crippen LogP) is 2.55. The van der Waals surface area contributed by atoms with Crippen molar-refractivity contribution in [3.05, 3.63) is 30.5 Å². The summed E-state index contributed by atoms with van der Waals surface area (Å²) >= 11 is 1.72. The van der Waals surface area contributed by atoms with Gasteiger partial charge in [0.25, 0.3) is 0 Å². The first-order chi connectivity index (χ1) is 6.86. The predicted molar refractivity (Wildman–Crippen MR) is 57.5 cm³/mol. The van der Waals surface area contributed by atoms with Gasteiger partial charge in [-0.2, -0.15) is 0 Å². The second-order valence-electron chi connectivity index (χ2n) is 3.11. The van der Waals surface area contributed by atoms with Crippen LogP contribution < -0.4 is 0 Å². The van der Waals surface area contributed by atoms with E-state index in [0.29, 0.717) is 0 Å². The molecular weight excluding hydrogens is 194 g/mol. The molecule has 68 valence electrons. The van der Waals surface area contributed by atoms with Crippen LogP contribution in [0.1, 0.15) is 5.69 Å². The topological polar surface area (TPSA) is 38.7 Å². The van der Waals surface area contributed by atoms with Gasteiger partial charge in [-0.05, 0) is 13.0 Å². The fraction of sp³-hybridized carbons (Fsp3) is 0.100. The van der Waals surface area contributed by atoms with Crippen LogP contribution in [0.15, 0.2) is 24.8 Å². The molecule has 0 amide bonds. The Morgan fingerprint density at radius 2 is 2.21 bits per heavy atom. The van der Waals surface area contributed by atoms with Gasteiger partial charge in [-0.25, -0.2) is 9.97 Å². The number of rotatable bonds is 0. The number of aromatic nitrogens is 3. The highest BCUT2D eigenvalue weighted by Gasteiger charge is 2.07. The summed E-state index contributed by atoms with van der Waals surface area (Å²) in [5, 5.41) is 1.12. The molecule has 4 heteroatoms. The Balaban J connectivity index is 2.63. The minimum Gasteiger partial charge on any atom is -0.264 e. The highest BCUT2D eigenvalue weighted by Crippen LogP contribution is 2.32. The maximum absolute atomic E-state index is 4.29. The van der Waals surface area contributed by atoms with Crippen LogP contribution in [0, 0.1) is 6.92 Å². The van der Waals surface area contributed by atoms with Gasteiger partial charge in [0, 0.05) is 22.5 Å². The van der Waals surface area contributed by atoms with Gasteiger partial charge >= 0.3 is 0 Å². The Morgan fingerprint density at radius 1 is 1.29 bits per heavy atom. The molecule has 0 spiro atoms. The van der Waals surface area contributed by atoms with Crippen molar-refractivity contribution in [1.82, 2.24) is 15.0 Å². The number of thiophene rings is 1. The van der Waals surface area contributed by atoms with Crippen LogP contribution in [-0.2, 0) is 0 Å². The summed E-state index contributed by atoms with van der Waals surface area (Å²) in [6.45, 7) is 2.01. The van der Waals surface area contributed by atoms with Crippen molar-refractivity contribution in [3.8, 4) is 0 Å². The minimum atomic E-state index is 1.02. The van der Waals surface area contributed by atoms with E-state index in [1.54, 1.807) is 23.9 Å². The van der Waals surface area contributed by atoms with Crippen LogP contribution in [0.3, 0.4) is 0 Å². The average Bonchev–Trinajstić information content (AvgIpc) is 2.59. The number of fused-ring (bicyclic) bond motifs is 3. The first-order valence-corrected chi connectivity index (χ1v) is 5.12. The summed E-state index contributed by atoms with van der Waals surface area (Å²) in [5.74, 6) is 0. The van der Waals surface area contributed by atoms with E-state index < -0.39 is 0 Å². The lowest BCUT2D eigenvalue weighted by Crippen LogP contribution is -1.82. The maximum Gasteiger partial charge on any atom is 0.116 e. The Labute approximate surface area is 84.5 Å². The third-order valence-electron chi connectivity index (χ3n) is 2.23. The molecule has 3 aromatic rings. The molecule has 0 bridgehead atoms. The Kier molecular flexibility index (Phi) is 1.52.